The molecule has 102 heavy (non-hydrogen) atoms. The normalized spacial score (nSPS) is 20.3. The van der Waals surface area contributed by atoms with Crippen molar-refractivity contribution in [3.63, 3.8) is 0 Å². The van der Waals surface area contributed by atoms with Crippen LogP contribution in [0.3, 0.4) is 0 Å². The van der Waals surface area contributed by atoms with Crippen LogP contribution in [0.5, 0.6) is 17.2 Å². The number of halogens is 10. The zero-order valence-corrected chi connectivity index (χ0v) is 56.0. The second kappa shape index (κ2) is 30.9. The zero-order chi connectivity index (χ0) is 74.8. The monoisotopic (exact) mass is 1450 g/mol. The molecule has 6 bridgehead atoms. The maximum atomic E-state index is 13.9. The fraction of sp³-hybridized carbons (Fsp3) is 0.328. The Labute approximate surface area is 577 Å². The summed E-state index contributed by atoms with van der Waals surface area (Å²) in [6.45, 7) is 9.58. The Hall–Kier alpha value is -11.0. The number of aromatic hydroxyl groups is 3. The SMILES string of the molecule is CSF.C[C@H]1/C=C\C[C@H](C)N2CN1C(=O)c1c(O)c(=O)c(C(=O)NCc3c(F)cc(F)cc3F)cn12.C[C@H]1/C=C\C[C@H](C)N2CN1C(=O)c1c(O)c(=O)c(C(=O)NCc3c(F)cc(F)cc3F)cn12.C[C@H]1/C=C\C[C@H](C)N2CN1C(=O)c1c(O)c(=O)c(C(=O)NCc3c(F)cc(F)cc3F)cn12. The largest absolute Gasteiger partial charge is 0.502 e. The van der Waals surface area contributed by atoms with Gasteiger partial charge in [0.15, 0.2) is 34.3 Å². The highest BCUT2D eigenvalue weighted by Gasteiger charge is 2.42. The number of pyridine rings is 3. The molecule has 9 heterocycles. The number of fused-ring (bicyclic) bond motifs is 12. The van der Waals surface area contributed by atoms with E-state index in [9.17, 15) is 102 Å². The van der Waals surface area contributed by atoms with Gasteiger partial charge < -0.3 is 46.0 Å². The second-order valence-electron chi connectivity index (χ2n) is 24.3. The van der Waals surface area contributed by atoms with E-state index in [0.717, 1.165) is 18.6 Å². The standard InChI is InChI=1S/3C22H21F3N4O4.CH3FS/c3*1-11-4-3-5-12(2)29-10-27(11)22(33)18-20(31)19(30)15(9-28(18)29)21(32)26-8-14-16(24)6-13(23)7-17(14)25;1-3-2/h3*3-4,6-7,9,11-12,31H,5,8,10H2,1-2H3,(H,26,32);1H3/b3*4-3-;/t3*11-,12-;/m000./s1. The van der Waals surface area contributed by atoms with Crippen molar-refractivity contribution in [2.45, 2.75) is 117 Å². The lowest BCUT2D eigenvalue weighted by Crippen LogP contribution is -2.59. The van der Waals surface area contributed by atoms with Crippen molar-refractivity contribution in [1.29, 1.82) is 0 Å². The van der Waals surface area contributed by atoms with Crippen molar-refractivity contribution in [2.75, 3.05) is 41.3 Å². The Kier molecular flexibility index (Phi) is 22.8. The molecule has 0 spiro atoms. The number of nitrogens with one attached hydrogen (secondary N) is 3. The van der Waals surface area contributed by atoms with Crippen molar-refractivity contribution < 1.29 is 87.5 Å². The quantitative estimate of drug-likeness (QED) is 0.0616. The van der Waals surface area contributed by atoms with E-state index in [1.807, 2.05) is 78.0 Å². The highest BCUT2D eigenvalue weighted by molar-refractivity contribution is 7.93. The minimum Gasteiger partial charge on any atom is -0.502 e. The molecule has 542 valence electrons. The molecule has 0 fully saturated rings. The summed E-state index contributed by atoms with van der Waals surface area (Å²) in [4.78, 5) is 120. The van der Waals surface area contributed by atoms with Crippen molar-refractivity contribution in [3.8, 4) is 17.2 Å². The molecule has 0 aliphatic carbocycles. The van der Waals surface area contributed by atoms with Crippen molar-refractivity contribution in [2.24, 2.45) is 0 Å². The third-order valence-electron chi connectivity index (χ3n) is 17.6. The van der Waals surface area contributed by atoms with Crippen LogP contribution >= 0.6 is 12.1 Å². The number of hydrogen-bond acceptors (Lipinski definition) is 16. The lowest BCUT2D eigenvalue weighted by Gasteiger charge is -2.45. The molecular formula is C67H66F10N12O12S. The van der Waals surface area contributed by atoms with Gasteiger partial charge in [-0.15, -0.1) is 0 Å². The molecule has 6 N–H and O–H groups in total. The number of carbonyl (C=O) groups is 6. The fourth-order valence-electron chi connectivity index (χ4n) is 11.8. The number of carbonyl (C=O) groups excluding carboxylic acids is 6. The molecule has 0 saturated heterocycles. The molecule has 0 unspecified atom stereocenters. The van der Waals surface area contributed by atoms with E-state index in [4.69, 9.17) is 0 Å². The van der Waals surface area contributed by atoms with E-state index in [1.165, 1.54) is 35.0 Å². The Morgan fingerprint density at radius 3 is 0.853 bits per heavy atom. The minimum atomic E-state index is -1.19. The fourth-order valence-corrected chi connectivity index (χ4v) is 11.8. The van der Waals surface area contributed by atoms with Gasteiger partial charge in [0.25, 0.3) is 35.4 Å². The van der Waals surface area contributed by atoms with Gasteiger partial charge in [-0.3, -0.25) is 72.2 Å². The van der Waals surface area contributed by atoms with Crippen LogP contribution in [-0.2, 0) is 19.6 Å². The topological polar surface area (TPSA) is 285 Å². The van der Waals surface area contributed by atoms with Gasteiger partial charge in [-0.1, -0.05) is 36.5 Å². The van der Waals surface area contributed by atoms with E-state index in [0.29, 0.717) is 55.7 Å². The van der Waals surface area contributed by atoms with Crippen molar-refractivity contribution >= 4 is 47.6 Å². The maximum absolute atomic E-state index is 13.9. The first-order valence-corrected chi connectivity index (χ1v) is 32.4. The first-order valence-electron chi connectivity index (χ1n) is 31.3. The van der Waals surface area contributed by atoms with Gasteiger partial charge in [-0.25, -0.2) is 39.5 Å². The third-order valence-corrected chi connectivity index (χ3v) is 17.6. The number of benzene rings is 3. The van der Waals surface area contributed by atoms with E-state index in [2.05, 4.69) is 16.0 Å². The van der Waals surface area contributed by atoms with Crippen molar-refractivity contribution in [3.05, 3.63) is 225 Å². The van der Waals surface area contributed by atoms with E-state index >= 15 is 0 Å². The van der Waals surface area contributed by atoms with E-state index < -0.39 is 174 Å². The first kappa shape index (κ1) is 75.2. The highest BCUT2D eigenvalue weighted by Crippen LogP contribution is 2.31. The smallest absolute Gasteiger partial charge is 0.278 e. The number of aromatic nitrogens is 3. The summed E-state index contributed by atoms with van der Waals surface area (Å²) in [5, 5.41) is 43.5. The molecule has 0 saturated carbocycles. The first-order chi connectivity index (χ1) is 48.2. The number of hydrogen-bond donors (Lipinski definition) is 6. The predicted octanol–water partition coefficient (Wildman–Crippen LogP) is 7.20. The maximum Gasteiger partial charge on any atom is 0.278 e. The van der Waals surface area contributed by atoms with Gasteiger partial charge in [0, 0.05) is 146 Å². The summed E-state index contributed by atoms with van der Waals surface area (Å²) in [7, 11) is 0. The molecule has 0 radical (unpaired) electrons. The average Bonchev–Trinajstić information content (AvgIpc) is 0.756. The van der Waals surface area contributed by atoms with Crippen LogP contribution in [0, 0.1) is 52.4 Å². The predicted molar refractivity (Wildman–Crippen MR) is 350 cm³/mol. The molecule has 6 aliphatic heterocycles. The van der Waals surface area contributed by atoms with Gasteiger partial charge in [0.2, 0.25) is 16.3 Å². The van der Waals surface area contributed by atoms with Gasteiger partial charge in [-0.05, 0) is 60.8 Å². The zero-order valence-electron chi connectivity index (χ0n) is 55.2. The summed E-state index contributed by atoms with van der Waals surface area (Å²) in [6, 6.07) is 1.55. The summed E-state index contributed by atoms with van der Waals surface area (Å²) >= 11 is 0.250. The van der Waals surface area contributed by atoms with Crippen LogP contribution in [0.2, 0.25) is 0 Å². The second-order valence-corrected chi connectivity index (χ2v) is 24.6. The Morgan fingerprint density at radius 1 is 0.422 bits per heavy atom. The molecule has 35 heteroatoms. The molecule has 6 aromatic rings. The summed E-state index contributed by atoms with van der Waals surface area (Å²) in [5.74, 6) is -18.0. The Bertz CT molecular complexity index is 4150. The van der Waals surface area contributed by atoms with E-state index in [1.54, 1.807) is 15.0 Å². The Morgan fingerprint density at radius 2 is 0.637 bits per heavy atom. The number of amides is 6. The minimum absolute atomic E-state index is 0.150. The molecule has 3 aromatic carbocycles. The lowest BCUT2D eigenvalue weighted by molar-refractivity contribution is 0.0627. The average molecular weight is 1450 g/mol. The van der Waals surface area contributed by atoms with Crippen LogP contribution in [0.4, 0.5) is 43.4 Å². The number of rotatable bonds is 9. The van der Waals surface area contributed by atoms with Gasteiger partial charge in [0.05, 0.1) is 0 Å². The lowest BCUT2D eigenvalue weighted by atomic mass is 10.1. The molecule has 6 amide bonds. The van der Waals surface area contributed by atoms with Crippen LogP contribution in [-0.4, -0.2) is 142 Å². The van der Waals surface area contributed by atoms with Crippen molar-refractivity contribution in [1.82, 2.24) is 44.7 Å². The number of nitrogens with zero attached hydrogens (tertiary/aromatic N) is 9. The van der Waals surface area contributed by atoms with Gasteiger partial charge >= 0.3 is 0 Å². The molecule has 6 aliphatic rings. The molecule has 24 nitrogen and oxygen atoms in total. The van der Waals surface area contributed by atoms with Crippen LogP contribution in [0.25, 0.3) is 0 Å². The third kappa shape index (κ3) is 15.0. The summed E-state index contributed by atoms with van der Waals surface area (Å²) in [6.07, 6.45) is 18.0. The summed E-state index contributed by atoms with van der Waals surface area (Å²) < 4.78 is 137. The molecule has 6 atom stereocenters. The molecular weight excluding hydrogens is 1390 g/mol. The van der Waals surface area contributed by atoms with Crippen LogP contribution < -0.4 is 47.3 Å². The van der Waals surface area contributed by atoms with Crippen LogP contribution in [0.1, 0.15) is 140 Å². The van der Waals surface area contributed by atoms with Gasteiger partial charge in [-0.2, -0.15) is 3.89 Å². The van der Waals surface area contributed by atoms with E-state index in [-0.39, 0.29) is 85.5 Å². The highest BCUT2D eigenvalue weighted by atomic mass is 32.2. The summed E-state index contributed by atoms with van der Waals surface area (Å²) in [5.41, 5.74) is -7.41. The Balaban J connectivity index is 0.000000174. The van der Waals surface area contributed by atoms with Gasteiger partial charge in [0.1, 0.15) is 89.1 Å². The molecule has 3 aromatic heterocycles. The molecule has 12 rings (SSSR count). The van der Waals surface area contributed by atoms with Crippen LogP contribution in [0.15, 0.2) is 106 Å².